The molecule has 1 aliphatic carbocycles. The Balaban J connectivity index is 1.35. The maximum absolute atomic E-state index is 13.3. The normalized spacial score (nSPS) is 17.8. The van der Waals surface area contributed by atoms with Crippen molar-refractivity contribution in [1.29, 1.82) is 0 Å². The third-order valence-corrected chi connectivity index (χ3v) is 8.65. The van der Waals surface area contributed by atoms with Crippen LogP contribution >= 0.6 is 35.1 Å². The van der Waals surface area contributed by atoms with E-state index in [4.69, 9.17) is 11.6 Å². The minimum absolute atomic E-state index is 0.0180. The van der Waals surface area contributed by atoms with Crippen molar-refractivity contribution in [3.8, 4) is 0 Å². The lowest BCUT2D eigenvalue weighted by Crippen LogP contribution is -2.43. The number of thioether (sulfide) groups is 2. The molecule has 0 bridgehead atoms. The van der Waals surface area contributed by atoms with E-state index >= 15 is 0 Å². The molecule has 0 atom stereocenters. The topological polar surface area (TPSA) is 49.4 Å². The molecular weight excluding hydrogens is 472 g/mol. The van der Waals surface area contributed by atoms with Gasteiger partial charge in [0.2, 0.25) is 5.91 Å². The fraction of sp³-hybridized carbons (Fsp3) is 0.385. The molecule has 0 spiro atoms. The van der Waals surface area contributed by atoms with Gasteiger partial charge in [-0.25, -0.2) is 0 Å². The number of para-hydroxylation sites is 1. The molecule has 4 nitrogen and oxygen atoms in total. The second-order valence-electron chi connectivity index (χ2n) is 8.36. The standard InChI is InChI=1S/C26H29ClN2O2S2/c27-20-13-11-19(12-14-20)17-24-26(31)29(22-9-4-5-10-23(22)33-24)18-25(30)28-15-6-16-32-21-7-2-1-3-8-21/h4-5,9-14,17,21H,1-3,6-8,15-16,18H2,(H,28,30). The van der Waals surface area contributed by atoms with Gasteiger partial charge < -0.3 is 5.32 Å². The number of carbonyl (C=O) groups is 2. The van der Waals surface area contributed by atoms with Gasteiger partial charge in [-0.15, -0.1) is 0 Å². The van der Waals surface area contributed by atoms with E-state index in [1.165, 1.54) is 43.9 Å². The Morgan fingerprint density at radius 1 is 1.12 bits per heavy atom. The van der Waals surface area contributed by atoms with E-state index in [9.17, 15) is 9.59 Å². The molecule has 7 heteroatoms. The second kappa shape index (κ2) is 12.0. The fourth-order valence-corrected chi connectivity index (χ4v) is 6.61. The highest BCUT2D eigenvalue weighted by molar-refractivity contribution is 8.04. The number of rotatable bonds is 8. The molecule has 4 rings (SSSR count). The van der Waals surface area contributed by atoms with Crippen molar-refractivity contribution in [1.82, 2.24) is 5.32 Å². The van der Waals surface area contributed by atoms with Crippen LogP contribution in [0.3, 0.4) is 0 Å². The minimum Gasteiger partial charge on any atom is -0.355 e. The van der Waals surface area contributed by atoms with E-state index in [0.29, 0.717) is 16.5 Å². The van der Waals surface area contributed by atoms with Gasteiger partial charge in [0, 0.05) is 21.7 Å². The molecule has 2 amide bonds. The van der Waals surface area contributed by atoms with E-state index < -0.39 is 0 Å². The van der Waals surface area contributed by atoms with E-state index in [1.807, 2.05) is 54.2 Å². The first-order valence-electron chi connectivity index (χ1n) is 11.5. The summed E-state index contributed by atoms with van der Waals surface area (Å²) in [6.07, 6.45) is 9.55. The summed E-state index contributed by atoms with van der Waals surface area (Å²) in [5.74, 6) is 0.788. The predicted molar refractivity (Wildman–Crippen MR) is 141 cm³/mol. The van der Waals surface area contributed by atoms with Crippen LogP contribution in [0.1, 0.15) is 44.1 Å². The third-order valence-electron chi connectivity index (χ3n) is 5.85. The van der Waals surface area contributed by atoms with Crippen LogP contribution in [0.15, 0.2) is 58.3 Å². The summed E-state index contributed by atoms with van der Waals surface area (Å²) in [4.78, 5) is 29.1. The molecule has 0 saturated heterocycles. The zero-order chi connectivity index (χ0) is 23.0. The zero-order valence-electron chi connectivity index (χ0n) is 18.6. The van der Waals surface area contributed by atoms with E-state index in [-0.39, 0.29) is 18.4 Å². The van der Waals surface area contributed by atoms with Gasteiger partial charge in [-0.2, -0.15) is 11.8 Å². The highest BCUT2D eigenvalue weighted by atomic mass is 35.5. The first kappa shape index (κ1) is 24.2. The Kier molecular flexibility index (Phi) is 8.82. The number of hydrogen-bond acceptors (Lipinski definition) is 4. The zero-order valence-corrected chi connectivity index (χ0v) is 21.0. The number of carbonyl (C=O) groups excluding carboxylic acids is 2. The molecule has 1 fully saturated rings. The Labute approximate surface area is 209 Å². The largest absolute Gasteiger partial charge is 0.355 e. The lowest BCUT2D eigenvalue weighted by Gasteiger charge is -2.29. The van der Waals surface area contributed by atoms with Crippen molar-refractivity contribution >= 4 is 58.7 Å². The number of halogens is 1. The van der Waals surface area contributed by atoms with E-state index in [0.717, 1.165) is 33.6 Å². The highest BCUT2D eigenvalue weighted by Crippen LogP contribution is 2.42. The Hall–Kier alpha value is -1.89. The van der Waals surface area contributed by atoms with Crippen LogP contribution < -0.4 is 10.2 Å². The minimum atomic E-state index is -0.156. The molecule has 33 heavy (non-hydrogen) atoms. The van der Waals surface area contributed by atoms with Crippen LogP contribution in [0.5, 0.6) is 0 Å². The quantitative estimate of drug-likeness (QED) is 0.337. The summed E-state index contributed by atoms with van der Waals surface area (Å²) in [6, 6.07) is 15.1. The second-order valence-corrected chi connectivity index (χ2v) is 11.3. The van der Waals surface area contributed by atoms with Gasteiger partial charge in [0.25, 0.3) is 5.91 Å². The lowest BCUT2D eigenvalue weighted by atomic mass is 10.0. The summed E-state index contributed by atoms with van der Waals surface area (Å²) in [5, 5.41) is 4.45. The molecule has 2 aromatic rings. The Morgan fingerprint density at radius 2 is 1.88 bits per heavy atom. The number of amides is 2. The number of benzene rings is 2. The maximum atomic E-state index is 13.3. The fourth-order valence-electron chi connectivity index (χ4n) is 4.11. The first-order valence-corrected chi connectivity index (χ1v) is 13.8. The Bertz CT molecular complexity index is 1000. The van der Waals surface area contributed by atoms with E-state index in [2.05, 4.69) is 5.32 Å². The van der Waals surface area contributed by atoms with Crippen molar-refractivity contribution in [3.63, 3.8) is 0 Å². The summed E-state index contributed by atoms with van der Waals surface area (Å²) >= 11 is 9.46. The van der Waals surface area contributed by atoms with Crippen LogP contribution in [0.2, 0.25) is 5.02 Å². The van der Waals surface area contributed by atoms with Gasteiger partial charge in [-0.3, -0.25) is 14.5 Å². The average Bonchev–Trinajstić information content (AvgIpc) is 2.83. The molecule has 0 unspecified atom stereocenters. The van der Waals surface area contributed by atoms with Crippen LogP contribution in [0.4, 0.5) is 5.69 Å². The molecular formula is C26H29ClN2O2S2. The van der Waals surface area contributed by atoms with Gasteiger partial charge >= 0.3 is 0 Å². The average molecular weight is 501 g/mol. The molecule has 2 aliphatic rings. The molecule has 1 heterocycles. The third kappa shape index (κ3) is 6.81. The molecule has 1 saturated carbocycles. The highest BCUT2D eigenvalue weighted by Gasteiger charge is 2.30. The molecule has 1 aliphatic heterocycles. The molecule has 0 radical (unpaired) electrons. The molecule has 0 aromatic heterocycles. The van der Waals surface area contributed by atoms with Crippen LogP contribution in [0.25, 0.3) is 6.08 Å². The monoisotopic (exact) mass is 500 g/mol. The van der Waals surface area contributed by atoms with Gasteiger partial charge in [0.1, 0.15) is 6.54 Å². The number of hydrogen-bond donors (Lipinski definition) is 1. The van der Waals surface area contributed by atoms with Gasteiger partial charge in [0.15, 0.2) is 0 Å². The summed E-state index contributed by atoms with van der Waals surface area (Å²) in [5.41, 5.74) is 1.68. The van der Waals surface area contributed by atoms with Crippen molar-refractivity contribution in [2.75, 3.05) is 23.7 Å². The molecule has 1 N–H and O–H groups in total. The lowest BCUT2D eigenvalue weighted by molar-refractivity contribution is -0.122. The number of nitrogens with one attached hydrogen (secondary N) is 1. The first-order chi connectivity index (χ1) is 16.1. The van der Waals surface area contributed by atoms with Crippen molar-refractivity contribution in [3.05, 3.63) is 64.0 Å². The summed E-state index contributed by atoms with van der Waals surface area (Å²) < 4.78 is 0. The number of anilines is 1. The maximum Gasteiger partial charge on any atom is 0.265 e. The smallest absolute Gasteiger partial charge is 0.265 e. The Morgan fingerprint density at radius 3 is 2.67 bits per heavy atom. The number of nitrogens with zero attached hydrogens (tertiary/aromatic N) is 1. The summed E-state index contributed by atoms with van der Waals surface area (Å²) in [6.45, 7) is 0.661. The van der Waals surface area contributed by atoms with Crippen LogP contribution in [-0.2, 0) is 9.59 Å². The van der Waals surface area contributed by atoms with Crippen molar-refractivity contribution in [2.45, 2.75) is 48.7 Å². The van der Waals surface area contributed by atoms with Crippen LogP contribution in [0, 0.1) is 0 Å². The van der Waals surface area contributed by atoms with Gasteiger partial charge in [-0.05, 0) is 60.9 Å². The van der Waals surface area contributed by atoms with Crippen LogP contribution in [-0.4, -0.2) is 35.9 Å². The van der Waals surface area contributed by atoms with Crippen molar-refractivity contribution in [2.24, 2.45) is 0 Å². The summed E-state index contributed by atoms with van der Waals surface area (Å²) in [7, 11) is 0. The molecule has 2 aromatic carbocycles. The number of fused-ring (bicyclic) bond motifs is 1. The van der Waals surface area contributed by atoms with Gasteiger partial charge in [-0.1, -0.05) is 66.9 Å². The van der Waals surface area contributed by atoms with Gasteiger partial charge in [0.05, 0.1) is 10.6 Å². The molecule has 174 valence electrons. The SMILES string of the molecule is O=C(CN1C(=O)C(=Cc2ccc(Cl)cc2)Sc2ccccc21)NCCCSC1CCCCC1. The van der Waals surface area contributed by atoms with E-state index in [1.54, 1.807) is 17.0 Å². The predicted octanol–water partition coefficient (Wildman–Crippen LogP) is 6.39. The van der Waals surface area contributed by atoms with Crippen molar-refractivity contribution < 1.29 is 9.59 Å².